The lowest BCUT2D eigenvalue weighted by Gasteiger charge is -2.33. The Hall–Kier alpha value is -4.45. The molecule has 1 fully saturated rings. The van der Waals surface area contributed by atoms with Gasteiger partial charge in [-0.25, -0.2) is 0 Å². The molecular weight excluding hydrogens is 630 g/mol. The number of nitrogens with zero attached hydrogens (tertiary/aromatic N) is 2. The molecule has 4 rings (SSSR count). The number of Topliss-reactive ketones (excluding diaryl/α,β-unsaturated/α-hetero) is 1. The van der Waals surface area contributed by atoms with Crippen molar-refractivity contribution in [2.45, 2.75) is 83.3 Å². The fourth-order valence-corrected chi connectivity index (χ4v) is 6.69. The van der Waals surface area contributed by atoms with E-state index in [-0.39, 0.29) is 30.7 Å². The van der Waals surface area contributed by atoms with Crippen LogP contribution in [0.4, 0.5) is 0 Å². The number of benzene rings is 2. The summed E-state index contributed by atoms with van der Waals surface area (Å²) in [6, 6.07) is 13.1. The Morgan fingerprint density at radius 3 is 2.38 bits per heavy atom. The van der Waals surface area contributed by atoms with Gasteiger partial charge in [-0.05, 0) is 58.2 Å². The van der Waals surface area contributed by atoms with Crippen molar-refractivity contribution in [1.29, 1.82) is 0 Å². The van der Waals surface area contributed by atoms with Crippen molar-refractivity contribution >= 4 is 51.9 Å². The number of ketones is 1. The lowest BCUT2D eigenvalue weighted by molar-refractivity contribution is -0.149. The van der Waals surface area contributed by atoms with Gasteiger partial charge >= 0.3 is 0 Å². The first-order chi connectivity index (χ1) is 22.6. The van der Waals surface area contributed by atoms with Crippen LogP contribution in [0.15, 0.2) is 67.0 Å². The van der Waals surface area contributed by atoms with Gasteiger partial charge in [-0.3, -0.25) is 29.0 Å². The summed E-state index contributed by atoms with van der Waals surface area (Å²) in [7, 11) is 0. The third-order valence-corrected chi connectivity index (χ3v) is 9.32. The van der Waals surface area contributed by atoms with E-state index in [1.807, 2.05) is 46.8 Å². The SMILES string of the molecule is CC(C)[C@H](NC(=O)COc1cccc2cnccc12)C(=O)N[C@@H](Cc1ccccc1)C(=O)C(=O)N1CSC(C)(C)[C@H]1C(=O)NC(C)(C)C. The molecule has 0 unspecified atom stereocenters. The van der Waals surface area contributed by atoms with Gasteiger partial charge in [0, 0.05) is 39.9 Å². The molecule has 3 N–H and O–H groups in total. The molecule has 4 amide bonds. The maximum atomic E-state index is 14.0. The van der Waals surface area contributed by atoms with E-state index in [4.69, 9.17) is 4.74 Å². The third kappa shape index (κ3) is 9.12. The minimum absolute atomic E-state index is 0.0399. The summed E-state index contributed by atoms with van der Waals surface area (Å²) >= 11 is 1.41. The second-order valence-corrected chi connectivity index (χ2v) is 15.4. The highest BCUT2D eigenvalue weighted by Gasteiger charge is 2.50. The van der Waals surface area contributed by atoms with Gasteiger partial charge in [0.15, 0.2) is 6.61 Å². The molecule has 0 radical (unpaired) electrons. The minimum Gasteiger partial charge on any atom is -0.483 e. The highest BCUT2D eigenvalue weighted by atomic mass is 32.2. The van der Waals surface area contributed by atoms with Gasteiger partial charge in [0.25, 0.3) is 11.8 Å². The van der Waals surface area contributed by atoms with E-state index in [2.05, 4.69) is 20.9 Å². The summed E-state index contributed by atoms with van der Waals surface area (Å²) in [6.07, 6.45) is 3.37. The Balaban J connectivity index is 1.51. The number of pyridine rings is 1. The topological polar surface area (TPSA) is 147 Å². The van der Waals surface area contributed by atoms with Crippen molar-refractivity contribution in [2.24, 2.45) is 5.92 Å². The summed E-state index contributed by atoms with van der Waals surface area (Å²) in [5.41, 5.74) is 0.183. The van der Waals surface area contributed by atoms with Crippen LogP contribution in [0.25, 0.3) is 10.8 Å². The van der Waals surface area contributed by atoms with E-state index in [0.717, 1.165) is 16.3 Å². The molecule has 0 bridgehead atoms. The van der Waals surface area contributed by atoms with Gasteiger partial charge in [-0.1, -0.05) is 56.3 Å². The highest BCUT2D eigenvalue weighted by Crippen LogP contribution is 2.39. The Morgan fingerprint density at radius 1 is 1.00 bits per heavy atom. The molecule has 48 heavy (non-hydrogen) atoms. The molecule has 11 nitrogen and oxygen atoms in total. The van der Waals surface area contributed by atoms with E-state index >= 15 is 0 Å². The zero-order valence-electron chi connectivity index (χ0n) is 28.5. The largest absolute Gasteiger partial charge is 0.483 e. The monoisotopic (exact) mass is 675 g/mol. The standard InChI is InChI=1S/C36H45N5O6S/c1-22(2)29(39-28(42)20-47-27-15-11-14-24-19-37-17-16-25(24)27)32(44)38-26(18-23-12-9-8-10-13-23)30(43)34(46)41-21-48-36(6,7)31(41)33(45)40-35(3,4)5/h8-17,19,22,26,29,31H,18,20-21H2,1-7H3,(H,38,44)(H,39,42)(H,40,45)/t26-,29-,31+/m0/s1. The average molecular weight is 676 g/mol. The molecule has 1 aliphatic heterocycles. The summed E-state index contributed by atoms with van der Waals surface area (Å²) in [5.74, 6) is -2.91. The smallest absolute Gasteiger partial charge is 0.293 e. The molecule has 12 heteroatoms. The summed E-state index contributed by atoms with van der Waals surface area (Å²) in [6.45, 7) is 12.5. The molecule has 3 aromatic rings. The zero-order chi connectivity index (χ0) is 35.2. The second-order valence-electron chi connectivity index (χ2n) is 13.8. The lowest BCUT2D eigenvalue weighted by Crippen LogP contribution is -2.60. The molecule has 1 saturated heterocycles. The summed E-state index contributed by atoms with van der Waals surface area (Å²) < 4.78 is 5.14. The quantitative estimate of drug-likeness (QED) is 0.247. The van der Waals surface area contributed by atoms with Crippen molar-refractivity contribution in [3.63, 3.8) is 0 Å². The first kappa shape index (κ1) is 36.4. The van der Waals surface area contributed by atoms with Gasteiger partial charge < -0.3 is 25.6 Å². The number of carbonyl (C=O) groups is 5. The van der Waals surface area contributed by atoms with Crippen LogP contribution < -0.4 is 20.7 Å². The fourth-order valence-electron chi connectivity index (χ4n) is 5.56. The predicted octanol–water partition coefficient (Wildman–Crippen LogP) is 3.65. The number of hydrogen-bond donors (Lipinski definition) is 3. The van der Waals surface area contributed by atoms with Gasteiger partial charge in [0.1, 0.15) is 23.9 Å². The van der Waals surface area contributed by atoms with E-state index in [1.165, 1.54) is 16.7 Å². The van der Waals surface area contributed by atoms with Gasteiger partial charge in [0.05, 0.1) is 5.88 Å². The van der Waals surface area contributed by atoms with Crippen LogP contribution in [0.3, 0.4) is 0 Å². The Labute approximate surface area is 286 Å². The lowest BCUT2D eigenvalue weighted by atomic mass is 9.96. The van der Waals surface area contributed by atoms with Gasteiger partial charge in [-0.2, -0.15) is 0 Å². The molecule has 0 spiro atoms. The minimum atomic E-state index is -1.24. The van der Waals surface area contributed by atoms with Crippen molar-refractivity contribution < 1.29 is 28.7 Å². The van der Waals surface area contributed by atoms with Crippen LogP contribution in [0.2, 0.25) is 0 Å². The number of fused-ring (bicyclic) bond motifs is 1. The maximum Gasteiger partial charge on any atom is 0.293 e. The maximum absolute atomic E-state index is 14.0. The van der Waals surface area contributed by atoms with Crippen molar-refractivity contribution in [1.82, 2.24) is 25.8 Å². The van der Waals surface area contributed by atoms with Crippen LogP contribution in [-0.4, -0.2) is 80.2 Å². The molecule has 2 heterocycles. The van der Waals surface area contributed by atoms with Gasteiger partial charge in [0.2, 0.25) is 17.6 Å². The number of hydrogen-bond acceptors (Lipinski definition) is 8. The first-order valence-electron chi connectivity index (χ1n) is 16.0. The van der Waals surface area contributed by atoms with E-state index < -0.39 is 51.9 Å². The van der Waals surface area contributed by atoms with E-state index in [1.54, 1.807) is 68.7 Å². The van der Waals surface area contributed by atoms with E-state index in [9.17, 15) is 24.0 Å². The first-order valence-corrected chi connectivity index (χ1v) is 17.0. The van der Waals surface area contributed by atoms with Gasteiger partial charge in [-0.15, -0.1) is 11.8 Å². The molecule has 2 aromatic carbocycles. The molecule has 1 aliphatic rings. The van der Waals surface area contributed by atoms with Crippen LogP contribution in [0.1, 0.15) is 54.0 Å². The van der Waals surface area contributed by atoms with Crippen LogP contribution in [0, 0.1) is 5.92 Å². The van der Waals surface area contributed by atoms with Crippen molar-refractivity contribution in [2.75, 3.05) is 12.5 Å². The van der Waals surface area contributed by atoms with E-state index in [0.29, 0.717) is 5.75 Å². The molecule has 1 aromatic heterocycles. The second kappa shape index (κ2) is 15.2. The Bertz CT molecular complexity index is 1650. The number of thioether (sulfide) groups is 1. The fraction of sp³-hybridized carbons (Fsp3) is 0.444. The number of aromatic nitrogens is 1. The zero-order valence-corrected chi connectivity index (χ0v) is 29.4. The molecular formula is C36H45N5O6S. The number of ether oxygens (including phenoxy) is 1. The highest BCUT2D eigenvalue weighted by molar-refractivity contribution is 8.00. The van der Waals surface area contributed by atoms with Crippen molar-refractivity contribution in [3.05, 3.63) is 72.6 Å². The Morgan fingerprint density at radius 2 is 1.71 bits per heavy atom. The summed E-state index contributed by atoms with van der Waals surface area (Å²) in [4.78, 5) is 73.4. The number of rotatable bonds is 12. The van der Waals surface area contributed by atoms with Crippen LogP contribution in [0.5, 0.6) is 5.75 Å². The van der Waals surface area contributed by atoms with Crippen molar-refractivity contribution in [3.8, 4) is 5.75 Å². The Kier molecular flexibility index (Phi) is 11.5. The van der Waals surface area contributed by atoms with Crippen LogP contribution >= 0.6 is 11.8 Å². The molecule has 0 aliphatic carbocycles. The average Bonchev–Trinajstić information content (AvgIpc) is 3.35. The predicted molar refractivity (Wildman–Crippen MR) is 186 cm³/mol. The van der Waals surface area contributed by atoms with Crippen LogP contribution in [-0.2, 0) is 30.4 Å². The number of amides is 4. The molecule has 0 saturated carbocycles. The third-order valence-electron chi connectivity index (χ3n) is 7.94. The normalized spacial score (nSPS) is 17.0. The number of carbonyl (C=O) groups excluding carboxylic acids is 5. The molecule has 3 atom stereocenters. The molecule has 256 valence electrons. The summed E-state index contributed by atoms with van der Waals surface area (Å²) in [5, 5.41) is 10.1. The number of nitrogens with one attached hydrogen (secondary N) is 3.